The number of amides is 1. The van der Waals surface area contributed by atoms with Crippen LogP contribution in [-0.4, -0.2) is 35.5 Å². The maximum Gasteiger partial charge on any atom is 0.270 e. The summed E-state index contributed by atoms with van der Waals surface area (Å²) in [6.07, 6.45) is 2.42. The molecule has 5 nitrogen and oxygen atoms in total. The number of rotatable bonds is 7. The molecule has 0 aromatic carbocycles. The van der Waals surface area contributed by atoms with Gasteiger partial charge in [0.25, 0.3) is 5.91 Å². The van der Waals surface area contributed by atoms with Crippen LogP contribution in [0.1, 0.15) is 44.6 Å². The van der Waals surface area contributed by atoms with Crippen molar-refractivity contribution in [3.8, 4) is 0 Å². The molecule has 0 saturated heterocycles. The Bertz CT molecular complexity index is 402. The second-order valence-corrected chi connectivity index (χ2v) is 4.87. The molecule has 106 valence electrons. The van der Waals surface area contributed by atoms with E-state index in [0.717, 1.165) is 25.3 Å². The van der Waals surface area contributed by atoms with Crippen LogP contribution < -0.4 is 10.2 Å². The van der Waals surface area contributed by atoms with Crippen LogP contribution in [0.15, 0.2) is 12.4 Å². The molecule has 1 N–H and O–H groups in total. The van der Waals surface area contributed by atoms with Crippen LogP contribution in [0.25, 0.3) is 0 Å². The molecular weight excluding hydrogens is 240 g/mol. The Hall–Kier alpha value is -1.65. The lowest BCUT2D eigenvalue weighted by molar-refractivity contribution is 0.0947. The Kier molecular flexibility index (Phi) is 6.25. The van der Waals surface area contributed by atoms with Crippen LogP contribution in [0.4, 0.5) is 5.82 Å². The highest BCUT2D eigenvalue weighted by Gasteiger charge is 2.10. The number of aromatic nitrogens is 2. The largest absolute Gasteiger partial charge is 0.357 e. The average molecular weight is 264 g/mol. The SMILES string of the molecule is CCN(CC)c1cc(C(=O)NCCC(C)C)ncn1. The van der Waals surface area contributed by atoms with Crippen molar-refractivity contribution in [3.63, 3.8) is 0 Å². The quantitative estimate of drug-likeness (QED) is 0.819. The molecule has 0 radical (unpaired) electrons. The number of carbonyl (C=O) groups excluding carboxylic acids is 1. The number of anilines is 1. The standard InChI is InChI=1S/C14H24N4O/c1-5-18(6-2)13-9-12(16-10-17-13)14(19)15-8-7-11(3)4/h9-11H,5-8H2,1-4H3,(H,15,19). The summed E-state index contributed by atoms with van der Waals surface area (Å²) in [6.45, 7) is 10.8. The van der Waals surface area contributed by atoms with Crippen LogP contribution in [0.5, 0.6) is 0 Å². The Balaban J connectivity index is 2.67. The Morgan fingerprint density at radius 1 is 1.32 bits per heavy atom. The number of hydrogen-bond donors (Lipinski definition) is 1. The first-order valence-electron chi connectivity index (χ1n) is 6.93. The van der Waals surface area contributed by atoms with E-state index in [2.05, 4.69) is 47.9 Å². The molecule has 0 aliphatic heterocycles. The van der Waals surface area contributed by atoms with Crippen molar-refractivity contribution < 1.29 is 4.79 Å². The fraction of sp³-hybridized carbons (Fsp3) is 0.643. The number of nitrogens with one attached hydrogen (secondary N) is 1. The molecule has 1 rings (SSSR count). The lowest BCUT2D eigenvalue weighted by atomic mass is 10.1. The third kappa shape index (κ3) is 4.85. The smallest absolute Gasteiger partial charge is 0.270 e. The van der Waals surface area contributed by atoms with E-state index in [-0.39, 0.29) is 5.91 Å². The monoisotopic (exact) mass is 264 g/mol. The maximum atomic E-state index is 12.0. The minimum absolute atomic E-state index is 0.128. The van der Waals surface area contributed by atoms with Gasteiger partial charge >= 0.3 is 0 Å². The van der Waals surface area contributed by atoms with Crippen LogP contribution in [-0.2, 0) is 0 Å². The Morgan fingerprint density at radius 2 is 2.00 bits per heavy atom. The van der Waals surface area contributed by atoms with E-state index < -0.39 is 0 Å². The summed E-state index contributed by atoms with van der Waals surface area (Å²) in [4.78, 5) is 22.3. The van der Waals surface area contributed by atoms with E-state index in [1.165, 1.54) is 6.33 Å². The van der Waals surface area contributed by atoms with E-state index in [0.29, 0.717) is 18.2 Å². The van der Waals surface area contributed by atoms with Crippen molar-refractivity contribution in [2.24, 2.45) is 5.92 Å². The van der Waals surface area contributed by atoms with Gasteiger partial charge in [0.1, 0.15) is 17.8 Å². The molecule has 0 bridgehead atoms. The normalized spacial score (nSPS) is 10.6. The molecule has 1 heterocycles. The summed E-state index contributed by atoms with van der Waals surface area (Å²) in [5.74, 6) is 1.25. The summed E-state index contributed by atoms with van der Waals surface area (Å²) < 4.78 is 0. The molecule has 0 spiro atoms. The molecule has 0 atom stereocenters. The van der Waals surface area contributed by atoms with Gasteiger partial charge in [-0.15, -0.1) is 0 Å². The molecule has 1 aromatic rings. The fourth-order valence-electron chi connectivity index (χ4n) is 1.76. The maximum absolute atomic E-state index is 12.0. The number of carbonyl (C=O) groups is 1. The Morgan fingerprint density at radius 3 is 2.58 bits per heavy atom. The highest BCUT2D eigenvalue weighted by molar-refractivity contribution is 5.92. The van der Waals surface area contributed by atoms with Crippen LogP contribution in [0.3, 0.4) is 0 Å². The second-order valence-electron chi connectivity index (χ2n) is 4.87. The third-order valence-corrected chi connectivity index (χ3v) is 2.98. The van der Waals surface area contributed by atoms with E-state index in [1.54, 1.807) is 6.07 Å². The summed E-state index contributed by atoms with van der Waals surface area (Å²) >= 11 is 0. The lowest BCUT2D eigenvalue weighted by Gasteiger charge is -2.19. The van der Waals surface area contributed by atoms with Gasteiger partial charge in [-0.3, -0.25) is 4.79 Å². The van der Waals surface area contributed by atoms with Gasteiger partial charge in [-0.1, -0.05) is 13.8 Å². The highest BCUT2D eigenvalue weighted by Crippen LogP contribution is 2.10. The first-order valence-corrected chi connectivity index (χ1v) is 6.93. The van der Waals surface area contributed by atoms with Gasteiger partial charge in [0.15, 0.2) is 0 Å². The van der Waals surface area contributed by atoms with Crippen molar-refractivity contribution in [2.75, 3.05) is 24.5 Å². The lowest BCUT2D eigenvalue weighted by Crippen LogP contribution is -2.28. The predicted octanol–water partition coefficient (Wildman–Crippen LogP) is 2.10. The van der Waals surface area contributed by atoms with Crippen molar-refractivity contribution in [3.05, 3.63) is 18.1 Å². The molecule has 0 aliphatic rings. The van der Waals surface area contributed by atoms with E-state index >= 15 is 0 Å². The first kappa shape index (κ1) is 15.4. The molecular formula is C14H24N4O. The van der Waals surface area contributed by atoms with Crippen LogP contribution in [0, 0.1) is 5.92 Å². The molecule has 1 amide bonds. The molecule has 19 heavy (non-hydrogen) atoms. The topological polar surface area (TPSA) is 58.1 Å². The minimum Gasteiger partial charge on any atom is -0.357 e. The number of nitrogens with zero attached hydrogens (tertiary/aromatic N) is 3. The van der Waals surface area contributed by atoms with Crippen LogP contribution >= 0.6 is 0 Å². The molecule has 1 aromatic heterocycles. The summed E-state index contributed by atoms with van der Waals surface area (Å²) in [7, 11) is 0. The van der Waals surface area contributed by atoms with E-state index in [1.807, 2.05) is 0 Å². The van der Waals surface area contributed by atoms with Crippen LogP contribution in [0.2, 0.25) is 0 Å². The second kappa shape index (κ2) is 7.71. The zero-order valence-electron chi connectivity index (χ0n) is 12.3. The third-order valence-electron chi connectivity index (χ3n) is 2.98. The van der Waals surface area contributed by atoms with Gasteiger partial charge in [0.2, 0.25) is 0 Å². The Labute approximate surface area is 115 Å². The van der Waals surface area contributed by atoms with Gasteiger partial charge in [0.05, 0.1) is 0 Å². The molecule has 0 unspecified atom stereocenters. The summed E-state index contributed by atoms with van der Waals surface area (Å²) in [6, 6.07) is 1.75. The zero-order valence-corrected chi connectivity index (χ0v) is 12.3. The van der Waals surface area contributed by atoms with Gasteiger partial charge < -0.3 is 10.2 Å². The number of hydrogen-bond acceptors (Lipinski definition) is 4. The van der Waals surface area contributed by atoms with Crippen molar-refractivity contribution in [1.82, 2.24) is 15.3 Å². The first-order chi connectivity index (χ1) is 9.08. The van der Waals surface area contributed by atoms with Gasteiger partial charge in [-0.2, -0.15) is 0 Å². The van der Waals surface area contributed by atoms with E-state index in [4.69, 9.17) is 0 Å². The van der Waals surface area contributed by atoms with Crippen molar-refractivity contribution in [1.29, 1.82) is 0 Å². The summed E-state index contributed by atoms with van der Waals surface area (Å²) in [5, 5.41) is 2.88. The molecule has 0 aliphatic carbocycles. The molecule has 0 saturated carbocycles. The van der Waals surface area contributed by atoms with Crippen molar-refractivity contribution >= 4 is 11.7 Å². The predicted molar refractivity (Wildman–Crippen MR) is 77.4 cm³/mol. The van der Waals surface area contributed by atoms with Gasteiger partial charge in [0, 0.05) is 25.7 Å². The van der Waals surface area contributed by atoms with Crippen molar-refractivity contribution in [2.45, 2.75) is 34.1 Å². The zero-order chi connectivity index (χ0) is 14.3. The average Bonchev–Trinajstić information content (AvgIpc) is 2.40. The molecule has 0 fully saturated rings. The highest BCUT2D eigenvalue weighted by atomic mass is 16.1. The molecule has 5 heteroatoms. The van der Waals surface area contributed by atoms with Gasteiger partial charge in [-0.05, 0) is 26.2 Å². The fourth-order valence-corrected chi connectivity index (χ4v) is 1.76. The summed E-state index contributed by atoms with van der Waals surface area (Å²) in [5.41, 5.74) is 0.431. The van der Waals surface area contributed by atoms with Gasteiger partial charge in [-0.25, -0.2) is 9.97 Å². The minimum atomic E-state index is -0.128. The van der Waals surface area contributed by atoms with E-state index in [9.17, 15) is 4.79 Å².